The van der Waals surface area contributed by atoms with E-state index in [0.29, 0.717) is 0 Å². The van der Waals surface area contributed by atoms with E-state index in [4.69, 9.17) is 13.3 Å². The highest BCUT2D eigenvalue weighted by atomic mass is 32.2. The summed E-state index contributed by atoms with van der Waals surface area (Å²) in [5, 5.41) is 0. The van der Waals surface area contributed by atoms with Crippen LogP contribution in [0.15, 0.2) is 0 Å². The number of ketones is 1. The fraction of sp³-hybridized carbons (Fsp3) is 0.600. The fourth-order valence-electron chi connectivity index (χ4n) is 0.212. The zero-order valence-corrected chi connectivity index (χ0v) is 7.41. The minimum absolute atomic E-state index is 0.258. The number of methoxy groups -OCH3 is 1. The lowest BCUT2D eigenvalue weighted by atomic mass is 10.3. The van der Waals surface area contributed by atoms with Crippen molar-refractivity contribution in [1.82, 2.24) is 0 Å². The Morgan fingerprint density at radius 1 is 1.58 bits per heavy atom. The predicted octanol–water partition coefficient (Wildman–Crippen LogP) is -0.530. The first-order valence-electron chi connectivity index (χ1n) is 2.77. The van der Waals surface area contributed by atoms with E-state index in [0.717, 1.165) is 0 Å². The molecule has 0 amide bonds. The van der Waals surface area contributed by atoms with Gasteiger partial charge in [-0.2, -0.15) is 4.21 Å². The Hall–Kier alpha value is -0.630. The Kier molecular flexibility index (Phi) is 9.83. The Morgan fingerprint density at radius 3 is 2.00 bits per heavy atom. The summed E-state index contributed by atoms with van der Waals surface area (Å²) in [6.07, 6.45) is -0.332. The molecule has 2 N–H and O–H groups in total. The first-order chi connectivity index (χ1) is 5.45. The van der Waals surface area contributed by atoms with Crippen LogP contribution in [0.1, 0.15) is 6.92 Å². The lowest BCUT2D eigenvalue weighted by molar-refractivity contribution is -0.136. The van der Waals surface area contributed by atoms with Crippen molar-refractivity contribution in [1.29, 1.82) is 0 Å². The molecule has 1 atom stereocenters. The van der Waals surface area contributed by atoms with E-state index < -0.39 is 23.2 Å². The van der Waals surface area contributed by atoms with Crippen LogP contribution in [0.3, 0.4) is 0 Å². The van der Waals surface area contributed by atoms with Crippen LogP contribution in [-0.2, 0) is 25.7 Å². The van der Waals surface area contributed by atoms with Gasteiger partial charge in [-0.15, -0.1) is 0 Å². The number of aldehydes is 1. The van der Waals surface area contributed by atoms with E-state index in [1.165, 1.54) is 14.0 Å². The fourth-order valence-corrected chi connectivity index (χ4v) is 0.212. The van der Waals surface area contributed by atoms with Crippen molar-refractivity contribution in [2.24, 2.45) is 0 Å². The molecule has 0 aliphatic carbocycles. The van der Waals surface area contributed by atoms with Gasteiger partial charge in [0, 0.05) is 7.11 Å². The molecular weight excluding hydrogens is 188 g/mol. The van der Waals surface area contributed by atoms with Crippen molar-refractivity contribution in [2.45, 2.75) is 13.0 Å². The monoisotopic (exact) mass is 198 g/mol. The number of rotatable bonds is 3. The highest BCUT2D eigenvalue weighted by Crippen LogP contribution is 1.84. The molecule has 0 heterocycles. The molecule has 0 saturated heterocycles. The average molecular weight is 198 g/mol. The zero-order chi connectivity index (χ0) is 10.1. The van der Waals surface area contributed by atoms with Crippen molar-refractivity contribution in [3.8, 4) is 0 Å². The minimum atomic E-state index is -2.61. The molecule has 12 heavy (non-hydrogen) atoms. The van der Waals surface area contributed by atoms with E-state index in [2.05, 4.69) is 4.74 Å². The first-order valence-corrected chi connectivity index (χ1v) is 3.83. The molecule has 0 bridgehead atoms. The molecule has 0 spiro atoms. The van der Waals surface area contributed by atoms with Gasteiger partial charge in [-0.05, 0) is 6.92 Å². The van der Waals surface area contributed by atoms with Crippen molar-refractivity contribution in [3.05, 3.63) is 0 Å². The van der Waals surface area contributed by atoms with Crippen LogP contribution >= 0.6 is 0 Å². The van der Waals surface area contributed by atoms with Gasteiger partial charge < -0.3 is 4.74 Å². The summed E-state index contributed by atoms with van der Waals surface area (Å²) in [5.74, 6) is -0.521. The second-order valence-electron chi connectivity index (χ2n) is 1.63. The number of Topliss-reactive ketones (excluding diaryl/α,β-unsaturated/α-hetero) is 1. The van der Waals surface area contributed by atoms with Gasteiger partial charge in [-0.3, -0.25) is 18.7 Å². The van der Waals surface area contributed by atoms with Crippen molar-refractivity contribution in [2.75, 3.05) is 7.11 Å². The van der Waals surface area contributed by atoms with Gasteiger partial charge in [0.25, 0.3) is 11.4 Å². The number of hydrogen-bond donors (Lipinski definition) is 2. The van der Waals surface area contributed by atoms with E-state index in [-0.39, 0.29) is 6.29 Å². The standard InChI is InChI=1S/C5H8O3.H2O3S/c1-4(8-2)5(7)3-6;1-4(2)3/h3-4H,1-2H3;(H2,1,2,3). The number of carbonyl (C=O) groups is 2. The van der Waals surface area contributed by atoms with E-state index in [9.17, 15) is 9.59 Å². The number of carbonyl (C=O) groups excluding carboxylic acids is 2. The minimum Gasteiger partial charge on any atom is -0.373 e. The zero-order valence-electron chi connectivity index (χ0n) is 6.59. The topological polar surface area (TPSA) is 101 Å². The van der Waals surface area contributed by atoms with Crippen LogP contribution in [0.2, 0.25) is 0 Å². The normalized spacial score (nSPS) is 11.4. The molecule has 0 rings (SSSR count). The Bertz CT molecular complexity index is 163. The van der Waals surface area contributed by atoms with Crippen LogP contribution in [-0.4, -0.2) is 38.6 Å². The summed E-state index contributed by atoms with van der Waals surface area (Å²) < 4.78 is 27.4. The Labute approximate surface area is 72.0 Å². The van der Waals surface area contributed by atoms with Gasteiger partial charge in [-0.1, -0.05) is 0 Å². The summed E-state index contributed by atoms with van der Waals surface area (Å²) in [6, 6.07) is 0. The van der Waals surface area contributed by atoms with Crippen LogP contribution in [0.4, 0.5) is 0 Å². The van der Waals surface area contributed by atoms with Crippen molar-refractivity contribution < 1.29 is 27.6 Å². The molecule has 0 aromatic heterocycles. The predicted molar refractivity (Wildman–Crippen MR) is 40.9 cm³/mol. The molecule has 0 aliphatic rings. The summed E-state index contributed by atoms with van der Waals surface area (Å²) >= 11 is -2.61. The Morgan fingerprint density at radius 2 is 1.92 bits per heavy atom. The summed E-state index contributed by atoms with van der Waals surface area (Å²) in [7, 11) is 1.38. The van der Waals surface area contributed by atoms with Gasteiger partial charge in [0.05, 0.1) is 0 Å². The molecule has 0 aliphatic heterocycles. The van der Waals surface area contributed by atoms with Gasteiger partial charge in [0.15, 0.2) is 6.29 Å². The summed E-state index contributed by atoms with van der Waals surface area (Å²) in [4.78, 5) is 19.9. The first kappa shape index (κ1) is 13.9. The smallest absolute Gasteiger partial charge is 0.299 e. The average Bonchev–Trinajstić information content (AvgIpc) is 2.00. The molecule has 0 aromatic carbocycles. The van der Waals surface area contributed by atoms with Crippen molar-refractivity contribution >= 4 is 23.4 Å². The third-order valence-corrected chi connectivity index (χ3v) is 0.870. The maximum atomic E-state index is 10.2. The molecule has 72 valence electrons. The highest BCUT2D eigenvalue weighted by molar-refractivity contribution is 7.73. The molecular formula is C5H10O6S. The molecule has 1 unspecified atom stereocenters. The maximum absolute atomic E-state index is 10.2. The second kappa shape index (κ2) is 8.47. The number of ether oxygens (including phenoxy) is 1. The number of hydrogen-bond acceptors (Lipinski definition) is 4. The van der Waals surface area contributed by atoms with Gasteiger partial charge in [-0.25, -0.2) is 0 Å². The van der Waals surface area contributed by atoms with Crippen LogP contribution < -0.4 is 0 Å². The van der Waals surface area contributed by atoms with Gasteiger partial charge in [0.2, 0.25) is 5.78 Å². The van der Waals surface area contributed by atoms with Crippen molar-refractivity contribution in [3.63, 3.8) is 0 Å². The van der Waals surface area contributed by atoms with E-state index >= 15 is 0 Å². The van der Waals surface area contributed by atoms with Gasteiger partial charge in [0.1, 0.15) is 6.10 Å². The molecule has 6 nitrogen and oxygen atoms in total. The molecule has 0 aromatic rings. The molecule has 0 fully saturated rings. The third-order valence-electron chi connectivity index (χ3n) is 0.870. The molecule has 0 radical (unpaired) electrons. The second-order valence-corrected chi connectivity index (χ2v) is 2.09. The SMILES string of the molecule is COC(C)C(=O)C=O.O=S(O)O. The Balaban J connectivity index is 0. The van der Waals surface area contributed by atoms with Crippen LogP contribution in [0, 0.1) is 0 Å². The third kappa shape index (κ3) is 12.1. The van der Waals surface area contributed by atoms with E-state index in [1.807, 2.05) is 0 Å². The molecule has 7 heteroatoms. The highest BCUT2D eigenvalue weighted by Gasteiger charge is 2.07. The lowest BCUT2D eigenvalue weighted by Gasteiger charge is -1.99. The summed E-state index contributed by atoms with van der Waals surface area (Å²) in [6.45, 7) is 1.52. The largest absolute Gasteiger partial charge is 0.373 e. The van der Waals surface area contributed by atoms with Gasteiger partial charge >= 0.3 is 0 Å². The summed E-state index contributed by atoms with van der Waals surface area (Å²) in [5.41, 5.74) is 0. The molecule has 0 saturated carbocycles. The van der Waals surface area contributed by atoms with E-state index in [1.54, 1.807) is 0 Å². The quantitative estimate of drug-likeness (QED) is 0.359. The van der Waals surface area contributed by atoms with Crippen LogP contribution in [0.5, 0.6) is 0 Å². The van der Waals surface area contributed by atoms with Crippen LogP contribution in [0.25, 0.3) is 0 Å². The maximum Gasteiger partial charge on any atom is 0.299 e. The lowest BCUT2D eigenvalue weighted by Crippen LogP contribution is -2.19.